The van der Waals surface area contributed by atoms with Crippen LogP contribution in [-0.4, -0.2) is 36.4 Å². The first-order valence-corrected chi connectivity index (χ1v) is 5.40. The molecule has 15 heavy (non-hydrogen) atoms. The van der Waals surface area contributed by atoms with E-state index in [0.717, 1.165) is 39.1 Å². The van der Waals surface area contributed by atoms with E-state index in [1.54, 1.807) is 0 Å². The van der Waals surface area contributed by atoms with Crippen molar-refractivity contribution in [3.63, 3.8) is 0 Å². The van der Waals surface area contributed by atoms with Gasteiger partial charge in [0.05, 0.1) is 0 Å². The quantitative estimate of drug-likeness (QED) is 0.651. The van der Waals surface area contributed by atoms with E-state index in [1.807, 2.05) is 13.8 Å². The molecular formula is C10H19N3O2. The van der Waals surface area contributed by atoms with E-state index >= 15 is 0 Å². The van der Waals surface area contributed by atoms with Crippen molar-refractivity contribution in [2.24, 2.45) is 0 Å². The first-order chi connectivity index (χ1) is 7.33. The summed E-state index contributed by atoms with van der Waals surface area (Å²) in [6.45, 7) is 7.28. The lowest BCUT2D eigenvalue weighted by molar-refractivity contribution is 0.145. The summed E-state index contributed by atoms with van der Waals surface area (Å²) in [6, 6.07) is 0. The summed E-state index contributed by atoms with van der Waals surface area (Å²) < 4.78 is 10.2. The van der Waals surface area contributed by atoms with Crippen LogP contribution in [0.3, 0.4) is 0 Å². The van der Waals surface area contributed by atoms with Crippen LogP contribution in [-0.2, 0) is 11.2 Å². The van der Waals surface area contributed by atoms with Crippen LogP contribution in [0.15, 0.2) is 4.52 Å². The SMILES string of the molecule is CCOCCCNCCc1nc(C)no1. The highest BCUT2D eigenvalue weighted by molar-refractivity contribution is 4.83. The number of aryl methyl sites for hydroxylation is 1. The summed E-state index contributed by atoms with van der Waals surface area (Å²) in [6.07, 6.45) is 1.83. The van der Waals surface area contributed by atoms with E-state index in [-0.39, 0.29) is 0 Å². The summed E-state index contributed by atoms with van der Waals surface area (Å²) >= 11 is 0. The van der Waals surface area contributed by atoms with Crippen molar-refractivity contribution in [3.8, 4) is 0 Å². The molecule has 0 aromatic carbocycles. The maximum atomic E-state index is 5.22. The van der Waals surface area contributed by atoms with Crippen molar-refractivity contribution < 1.29 is 9.26 Å². The Bertz CT molecular complexity index is 263. The topological polar surface area (TPSA) is 60.2 Å². The van der Waals surface area contributed by atoms with Gasteiger partial charge in [-0.3, -0.25) is 0 Å². The summed E-state index contributed by atoms with van der Waals surface area (Å²) in [4.78, 5) is 4.12. The largest absolute Gasteiger partial charge is 0.382 e. The van der Waals surface area contributed by atoms with Gasteiger partial charge in [0.15, 0.2) is 5.82 Å². The van der Waals surface area contributed by atoms with Gasteiger partial charge >= 0.3 is 0 Å². The number of hydrogen-bond donors (Lipinski definition) is 1. The van der Waals surface area contributed by atoms with E-state index in [9.17, 15) is 0 Å². The molecule has 0 amide bonds. The number of rotatable bonds is 8. The van der Waals surface area contributed by atoms with Crippen molar-refractivity contribution >= 4 is 0 Å². The molecule has 1 N–H and O–H groups in total. The minimum Gasteiger partial charge on any atom is -0.382 e. The predicted molar refractivity (Wildman–Crippen MR) is 56.7 cm³/mol. The van der Waals surface area contributed by atoms with Gasteiger partial charge in [0.25, 0.3) is 0 Å². The minimum atomic E-state index is 0.696. The van der Waals surface area contributed by atoms with Crippen molar-refractivity contribution in [2.45, 2.75) is 26.7 Å². The summed E-state index contributed by atoms with van der Waals surface area (Å²) in [7, 11) is 0. The molecule has 0 spiro atoms. The Balaban J connectivity index is 1.93. The maximum Gasteiger partial charge on any atom is 0.227 e. The van der Waals surface area contributed by atoms with Gasteiger partial charge in [0.2, 0.25) is 5.89 Å². The van der Waals surface area contributed by atoms with Gasteiger partial charge in [-0.2, -0.15) is 4.98 Å². The van der Waals surface area contributed by atoms with Crippen LogP contribution in [0, 0.1) is 6.92 Å². The van der Waals surface area contributed by atoms with Gasteiger partial charge < -0.3 is 14.6 Å². The fraction of sp³-hybridized carbons (Fsp3) is 0.800. The third-order valence-corrected chi connectivity index (χ3v) is 1.93. The normalized spacial score (nSPS) is 10.8. The van der Waals surface area contributed by atoms with Gasteiger partial charge in [0, 0.05) is 26.2 Å². The molecule has 0 unspecified atom stereocenters. The van der Waals surface area contributed by atoms with Crippen LogP contribution < -0.4 is 5.32 Å². The molecule has 1 aromatic rings. The zero-order valence-corrected chi connectivity index (χ0v) is 9.45. The molecule has 1 rings (SSSR count). The molecule has 1 aromatic heterocycles. The van der Waals surface area contributed by atoms with Crippen molar-refractivity contribution in [1.82, 2.24) is 15.5 Å². The van der Waals surface area contributed by atoms with Gasteiger partial charge in [-0.15, -0.1) is 0 Å². The number of nitrogens with one attached hydrogen (secondary N) is 1. The van der Waals surface area contributed by atoms with Crippen LogP contribution in [0.4, 0.5) is 0 Å². The van der Waals surface area contributed by atoms with Crippen LogP contribution >= 0.6 is 0 Å². The average Bonchev–Trinajstić information content (AvgIpc) is 2.63. The summed E-state index contributed by atoms with van der Waals surface area (Å²) in [5, 5.41) is 7.02. The van der Waals surface area contributed by atoms with Crippen LogP contribution in [0.25, 0.3) is 0 Å². The molecule has 0 fully saturated rings. The van der Waals surface area contributed by atoms with Gasteiger partial charge in [0.1, 0.15) is 0 Å². The Morgan fingerprint density at radius 3 is 2.93 bits per heavy atom. The first-order valence-electron chi connectivity index (χ1n) is 5.40. The smallest absolute Gasteiger partial charge is 0.227 e. The summed E-state index contributed by atoms with van der Waals surface area (Å²) in [5.74, 6) is 1.39. The standard InChI is InChI=1S/C10H19N3O2/c1-3-14-8-4-6-11-7-5-10-12-9(2)13-15-10/h11H,3-8H2,1-2H3. The lowest BCUT2D eigenvalue weighted by atomic mass is 10.4. The maximum absolute atomic E-state index is 5.22. The van der Waals surface area contributed by atoms with Crippen LogP contribution in [0.5, 0.6) is 0 Å². The molecule has 0 saturated heterocycles. The number of nitrogens with zero attached hydrogens (tertiary/aromatic N) is 2. The van der Waals surface area contributed by atoms with Crippen LogP contribution in [0.1, 0.15) is 25.1 Å². The third-order valence-electron chi connectivity index (χ3n) is 1.93. The molecule has 86 valence electrons. The zero-order valence-electron chi connectivity index (χ0n) is 9.45. The number of ether oxygens (including phenoxy) is 1. The van der Waals surface area contributed by atoms with Crippen molar-refractivity contribution in [3.05, 3.63) is 11.7 Å². The molecule has 0 atom stereocenters. The second kappa shape index (κ2) is 7.36. The molecule has 0 aliphatic heterocycles. The molecule has 0 saturated carbocycles. The molecule has 5 nitrogen and oxygen atoms in total. The Morgan fingerprint density at radius 1 is 1.40 bits per heavy atom. The molecule has 0 bridgehead atoms. The Kier molecular flexibility index (Phi) is 5.96. The molecule has 1 heterocycles. The highest BCUT2D eigenvalue weighted by atomic mass is 16.5. The Morgan fingerprint density at radius 2 is 2.27 bits per heavy atom. The first kappa shape index (κ1) is 12.1. The molecule has 0 aliphatic rings. The highest BCUT2D eigenvalue weighted by Crippen LogP contribution is 1.95. The summed E-state index contributed by atoms with van der Waals surface area (Å²) in [5.41, 5.74) is 0. The van der Waals surface area contributed by atoms with E-state index < -0.39 is 0 Å². The van der Waals surface area contributed by atoms with Crippen LogP contribution in [0.2, 0.25) is 0 Å². The van der Waals surface area contributed by atoms with E-state index in [1.165, 1.54) is 0 Å². The third kappa shape index (κ3) is 5.49. The van der Waals surface area contributed by atoms with Gasteiger partial charge in [-0.25, -0.2) is 0 Å². The molecular weight excluding hydrogens is 194 g/mol. The zero-order chi connectivity index (χ0) is 10.9. The molecule has 5 heteroatoms. The fourth-order valence-electron chi connectivity index (χ4n) is 1.21. The Labute approximate surface area is 90.2 Å². The second-order valence-corrected chi connectivity index (χ2v) is 3.29. The lowest BCUT2D eigenvalue weighted by Gasteiger charge is -2.02. The molecule has 0 aliphatic carbocycles. The van der Waals surface area contributed by atoms with E-state index in [2.05, 4.69) is 15.5 Å². The Hall–Kier alpha value is -0.940. The predicted octanol–water partition coefficient (Wildman–Crippen LogP) is 0.937. The highest BCUT2D eigenvalue weighted by Gasteiger charge is 2.00. The number of hydrogen-bond acceptors (Lipinski definition) is 5. The van der Waals surface area contributed by atoms with Gasteiger partial charge in [-0.1, -0.05) is 5.16 Å². The minimum absolute atomic E-state index is 0.696. The van der Waals surface area contributed by atoms with E-state index in [4.69, 9.17) is 9.26 Å². The molecule has 0 radical (unpaired) electrons. The number of aromatic nitrogens is 2. The van der Waals surface area contributed by atoms with Crippen molar-refractivity contribution in [2.75, 3.05) is 26.3 Å². The van der Waals surface area contributed by atoms with E-state index in [0.29, 0.717) is 11.7 Å². The fourth-order valence-corrected chi connectivity index (χ4v) is 1.21. The lowest BCUT2D eigenvalue weighted by Crippen LogP contribution is -2.19. The van der Waals surface area contributed by atoms with Crippen molar-refractivity contribution in [1.29, 1.82) is 0 Å². The van der Waals surface area contributed by atoms with Gasteiger partial charge in [-0.05, 0) is 26.8 Å². The average molecular weight is 213 g/mol. The second-order valence-electron chi connectivity index (χ2n) is 3.29. The monoisotopic (exact) mass is 213 g/mol.